The first-order valence-electron chi connectivity index (χ1n) is 8.50. The summed E-state index contributed by atoms with van der Waals surface area (Å²) in [6.45, 7) is 0. The number of carbonyl (C=O) groups excluding carboxylic acids is 1. The molecule has 0 fully saturated rings. The largest absolute Gasteiger partial charge is 0.497 e. The maximum Gasteiger partial charge on any atom is 0.258 e. The van der Waals surface area contributed by atoms with Crippen LogP contribution in [0.2, 0.25) is 5.02 Å². The number of halogens is 1. The molecule has 0 bridgehead atoms. The van der Waals surface area contributed by atoms with Crippen molar-refractivity contribution in [1.82, 2.24) is 15.6 Å². The molecule has 7 heteroatoms. The van der Waals surface area contributed by atoms with Crippen LogP contribution in [0.1, 0.15) is 15.9 Å². The number of methoxy groups -OCH3 is 1. The average Bonchev–Trinajstić information content (AvgIpc) is 2.72. The lowest BCUT2D eigenvalue weighted by atomic mass is 10.1. The predicted molar refractivity (Wildman–Crippen MR) is 111 cm³/mol. The Hall–Kier alpha value is -3.38. The van der Waals surface area contributed by atoms with Crippen molar-refractivity contribution in [3.05, 3.63) is 82.8 Å². The third kappa shape index (κ3) is 4.29. The van der Waals surface area contributed by atoms with E-state index in [1.165, 1.54) is 6.08 Å². The minimum atomic E-state index is -0.392. The van der Waals surface area contributed by atoms with Crippen molar-refractivity contribution >= 4 is 34.1 Å². The molecule has 3 aromatic rings. The van der Waals surface area contributed by atoms with Gasteiger partial charge in [-0.2, -0.15) is 0 Å². The lowest BCUT2D eigenvalue weighted by molar-refractivity contribution is 0.0964. The quantitative estimate of drug-likeness (QED) is 0.555. The van der Waals surface area contributed by atoms with Crippen molar-refractivity contribution in [3.63, 3.8) is 0 Å². The molecule has 0 aliphatic carbocycles. The summed E-state index contributed by atoms with van der Waals surface area (Å²) in [6, 6.07) is 14.2. The van der Waals surface area contributed by atoms with Gasteiger partial charge in [-0.1, -0.05) is 29.8 Å². The zero-order valence-electron chi connectivity index (χ0n) is 15.4. The number of amides is 1. The number of rotatable bonds is 6. The van der Waals surface area contributed by atoms with Gasteiger partial charge < -0.3 is 20.8 Å². The number of allylic oxidation sites excluding steroid dienone is 1. The molecule has 0 radical (unpaired) electrons. The van der Waals surface area contributed by atoms with Gasteiger partial charge in [0.25, 0.3) is 5.91 Å². The van der Waals surface area contributed by atoms with E-state index in [4.69, 9.17) is 21.7 Å². The molecule has 2 aromatic carbocycles. The van der Waals surface area contributed by atoms with Crippen molar-refractivity contribution in [3.8, 4) is 5.75 Å². The van der Waals surface area contributed by atoms with Crippen LogP contribution in [0.5, 0.6) is 5.75 Å². The number of pyridine rings is 1. The van der Waals surface area contributed by atoms with E-state index in [0.29, 0.717) is 33.2 Å². The molecule has 3 rings (SSSR count). The van der Waals surface area contributed by atoms with Crippen LogP contribution in [-0.2, 0) is 0 Å². The third-order valence-electron chi connectivity index (χ3n) is 4.12. The zero-order chi connectivity index (χ0) is 20.1. The number of aromatic nitrogens is 1. The maximum absolute atomic E-state index is 12.7. The van der Waals surface area contributed by atoms with Gasteiger partial charge in [0.15, 0.2) is 0 Å². The van der Waals surface area contributed by atoms with E-state index in [1.807, 2.05) is 12.1 Å². The molecule has 0 aliphatic rings. The van der Waals surface area contributed by atoms with Crippen LogP contribution in [0, 0.1) is 5.41 Å². The first-order valence-corrected chi connectivity index (χ1v) is 8.87. The monoisotopic (exact) mass is 394 g/mol. The van der Waals surface area contributed by atoms with Gasteiger partial charge in [-0.3, -0.25) is 9.78 Å². The summed E-state index contributed by atoms with van der Waals surface area (Å²) in [7, 11) is 3.23. The molecule has 6 nitrogen and oxygen atoms in total. The van der Waals surface area contributed by atoms with Gasteiger partial charge in [0, 0.05) is 30.3 Å². The Morgan fingerprint density at radius 3 is 2.79 bits per heavy atom. The van der Waals surface area contributed by atoms with E-state index in [-0.39, 0.29) is 5.71 Å². The molecule has 1 aromatic heterocycles. The van der Waals surface area contributed by atoms with Gasteiger partial charge >= 0.3 is 0 Å². The molecule has 28 heavy (non-hydrogen) atoms. The van der Waals surface area contributed by atoms with Crippen molar-refractivity contribution in [2.75, 3.05) is 14.2 Å². The van der Waals surface area contributed by atoms with Crippen LogP contribution in [0.15, 0.2) is 66.6 Å². The Bertz CT molecular complexity index is 1080. The molecule has 3 N–H and O–H groups in total. The molecule has 1 amide bonds. The summed E-state index contributed by atoms with van der Waals surface area (Å²) < 4.78 is 5.18. The summed E-state index contributed by atoms with van der Waals surface area (Å²) in [5.74, 6) is 0.632. The van der Waals surface area contributed by atoms with E-state index in [1.54, 1.807) is 56.8 Å². The van der Waals surface area contributed by atoms with Gasteiger partial charge in [-0.15, -0.1) is 0 Å². The Morgan fingerprint density at radius 2 is 2.04 bits per heavy atom. The number of nitrogens with zero attached hydrogens (tertiary/aromatic N) is 1. The van der Waals surface area contributed by atoms with Crippen LogP contribution in [-0.4, -0.2) is 30.8 Å². The highest BCUT2D eigenvalue weighted by Gasteiger charge is 2.14. The second-order valence-corrected chi connectivity index (χ2v) is 6.34. The number of benzene rings is 2. The zero-order valence-corrected chi connectivity index (χ0v) is 16.2. The van der Waals surface area contributed by atoms with Gasteiger partial charge in [0.2, 0.25) is 0 Å². The Balaban J connectivity index is 1.84. The van der Waals surface area contributed by atoms with Crippen LogP contribution in [0.3, 0.4) is 0 Å². The predicted octanol–water partition coefficient (Wildman–Crippen LogP) is 3.76. The van der Waals surface area contributed by atoms with Crippen molar-refractivity contribution in [2.24, 2.45) is 0 Å². The van der Waals surface area contributed by atoms with Crippen molar-refractivity contribution < 1.29 is 9.53 Å². The molecular formula is C21H19ClN4O2. The van der Waals surface area contributed by atoms with E-state index >= 15 is 0 Å². The minimum Gasteiger partial charge on any atom is -0.497 e. The second kappa shape index (κ2) is 8.54. The first kappa shape index (κ1) is 19.4. The van der Waals surface area contributed by atoms with Crippen LogP contribution < -0.4 is 15.4 Å². The van der Waals surface area contributed by atoms with Crippen LogP contribution in [0.25, 0.3) is 10.9 Å². The Labute approximate surface area is 167 Å². The highest BCUT2D eigenvalue weighted by molar-refractivity contribution is 6.34. The normalized spacial score (nSPS) is 11.2. The standard InChI is InChI=1S/C21H19ClN4O2/c1-24-20(12-18(23)13-5-3-7-15(9-13)28-2)26-21(27)16-11-19-14(10-17(16)22)6-4-8-25-19/h3-12,23-24H,1-2H3,(H,26,27)/b20-12+,23-18?. The molecule has 1 heterocycles. The van der Waals surface area contributed by atoms with E-state index in [9.17, 15) is 4.79 Å². The molecule has 0 saturated carbocycles. The summed E-state index contributed by atoms with van der Waals surface area (Å²) in [5.41, 5.74) is 1.86. The van der Waals surface area contributed by atoms with E-state index in [0.717, 1.165) is 5.39 Å². The number of fused-ring (bicyclic) bond motifs is 1. The number of hydrogen-bond donors (Lipinski definition) is 3. The van der Waals surface area contributed by atoms with Gasteiger partial charge in [-0.05, 0) is 30.3 Å². The number of hydrogen-bond acceptors (Lipinski definition) is 5. The number of ether oxygens (including phenoxy) is 1. The summed E-state index contributed by atoms with van der Waals surface area (Å²) in [4.78, 5) is 17.0. The molecule has 0 saturated heterocycles. The van der Waals surface area contributed by atoms with Gasteiger partial charge in [-0.25, -0.2) is 0 Å². The fourth-order valence-corrected chi connectivity index (χ4v) is 2.90. The smallest absolute Gasteiger partial charge is 0.258 e. The fraction of sp³-hybridized carbons (Fsp3) is 0.0952. The molecule has 142 valence electrons. The maximum atomic E-state index is 12.7. The summed E-state index contributed by atoms with van der Waals surface area (Å²) in [5, 5.41) is 15.1. The minimum absolute atomic E-state index is 0.217. The number of nitrogens with one attached hydrogen (secondary N) is 3. The van der Waals surface area contributed by atoms with E-state index in [2.05, 4.69) is 15.6 Å². The van der Waals surface area contributed by atoms with Crippen LogP contribution >= 0.6 is 11.6 Å². The second-order valence-electron chi connectivity index (χ2n) is 5.94. The fourth-order valence-electron chi connectivity index (χ4n) is 2.65. The lowest BCUT2D eigenvalue weighted by Gasteiger charge is -2.12. The molecule has 0 atom stereocenters. The molecule has 0 unspecified atom stereocenters. The summed E-state index contributed by atoms with van der Waals surface area (Å²) >= 11 is 6.28. The van der Waals surface area contributed by atoms with Gasteiger partial charge in [0.05, 0.1) is 28.9 Å². The average molecular weight is 395 g/mol. The highest BCUT2D eigenvalue weighted by Crippen LogP contribution is 2.23. The summed E-state index contributed by atoms with van der Waals surface area (Å²) in [6.07, 6.45) is 3.19. The van der Waals surface area contributed by atoms with Crippen LogP contribution in [0.4, 0.5) is 0 Å². The van der Waals surface area contributed by atoms with Crippen molar-refractivity contribution in [1.29, 1.82) is 5.41 Å². The third-order valence-corrected chi connectivity index (χ3v) is 4.44. The molecule has 0 spiro atoms. The Morgan fingerprint density at radius 1 is 1.21 bits per heavy atom. The molecular weight excluding hydrogens is 376 g/mol. The number of carbonyl (C=O) groups is 1. The first-order chi connectivity index (χ1) is 13.5. The molecule has 0 aliphatic heterocycles. The highest BCUT2D eigenvalue weighted by atomic mass is 35.5. The van der Waals surface area contributed by atoms with Crippen molar-refractivity contribution in [2.45, 2.75) is 0 Å². The van der Waals surface area contributed by atoms with Gasteiger partial charge in [0.1, 0.15) is 11.6 Å². The van der Waals surface area contributed by atoms with E-state index < -0.39 is 5.91 Å². The topological polar surface area (TPSA) is 87.1 Å². The lowest BCUT2D eigenvalue weighted by Crippen LogP contribution is -2.30. The SMILES string of the molecule is CN/C(=C\C(=N)c1cccc(OC)c1)NC(=O)c1cc2ncccc2cc1Cl. The Kier molecular flexibility index (Phi) is 5.91.